The Labute approximate surface area is 213 Å². The summed E-state index contributed by atoms with van der Waals surface area (Å²) in [5.41, 5.74) is 4.06. The van der Waals surface area contributed by atoms with Crippen molar-refractivity contribution in [3.05, 3.63) is 70.8 Å². The summed E-state index contributed by atoms with van der Waals surface area (Å²) in [4.78, 5) is 30.4. The van der Waals surface area contributed by atoms with Crippen LogP contribution < -0.4 is 16.0 Å². The Bertz CT molecular complexity index is 929. The van der Waals surface area contributed by atoms with Gasteiger partial charge in [0, 0.05) is 31.7 Å². The third kappa shape index (κ3) is 8.68. The lowest BCUT2D eigenvalue weighted by molar-refractivity contribution is -0.123. The van der Waals surface area contributed by atoms with Crippen molar-refractivity contribution in [3.8, 4) is 0 Å². The number of amides is 2. The second-order valence-corrected chi connectivity index (χ2v) is 8.06. The highest BCUT2D eigenvalue weighted by Gasteiger charge is 2.22. The van der Waals surface area contributed by atoms with Crippen LogP contribution in [0.15, 0.2) is 53.5 Å². The van der Waals surface area contributed by atoms with Gasteiger partial charge in [-0.05, 0) is 36.6 Å². The van der Waals surface area contributed by atoms with Gasteiger partial charge in [0.2, 0.25) is 5.91 Å². The number of aryl methyl sites for hydroxylation is 1. The molecule has 0 atom stereocenters. The molecule has 7 nitrogen and oxygen atoms in total. The number of hydrogen-bond donors (Lipinski definition) is 3. The first-order valence-electron chi connectivity index (χ1n) is 11.3. The minimum Gasteiger partial charge on any atom is -0.356 e. The van der Waals surface area contributed by atoms with E-state index in [-0.39, 0.29) is 42.3 Å². The van der Waals surface area contributed by atoms with E-state index in [4.69, 9.17) is 4.99 Å². The molecule has 1 aliphatic rings. The lowest BCUT2D eigenvalue weighted by Gasteiger charge is -2.26. The molecule has 178 valence electrons. The third-order valence-corrected chi connectivity index (χ3v) is 5.35. The van der Waals surface area contributed by atoms with Crippen LogP contribution >= 0.6 is 24.0 Å². The molecule has 1 heterocycles. The van der Waals surface area contributed by atoms with Gasteiger partial charge in [-0.25, -0.2) is 4.99 Å². The standard InChI is InChI=1S/C25H33N5O2.HI/c1-3-4-13-27-25(28-16-20-7-5-19(2)6-8-20)29-17-21-9-11-22(12-10-21)24(32)30-15-14-26-23(31)18-30;/h5-12H,3-4,13-18H2,1-2H3,(H,26,31)(H2,27,28,29);1H. The molecular formula is C25H34IN5O2. The number of nitrogens with one attached hydrogen (secondary N) is 3. The molecule has 2 aromatic rings. The van der Waals surface area contributed by atoms with E-state index in [1.54, 1.807) is 4.90 Å². The summed E-state index contributed by atoms with van der Waals surface area (Å²) in [5.74, 6) is 0.548. The zero-order chi connectivity index (χ0) is 22.8. The number of guanidine groups is 1. The topological polar surface area (TPSA) is 85.8 Å². The minimum absolute atomic E-state index is 0. The molecule has 1 fully saturated rings. The molecular weight excluding hydrogens is 529 g/mol. The van der Waals surface area contributed by atoms with Crippen LogP contribution in [0.2, 0.25) is 0 Å². The number of nitrogens with zero attached hydrogens (tertiary/aromatic N) is 2. The fraction of sp³-hybridized carbons (Fsp3) is 0.400. The van der Waals surface area contributed by atoms with E-state index in [0.29, 0.717) is 31.7 Å². The maximum Gasteiger partial charge on any atom is 0.254 e. The highest BCUT2D eigenvalue weighted by Crippen LogP contribution is 2.10. The van der Waals surface area contributed by atoms with Gasteiger partial charge < -0.3 is 20.9 Å². The highest BCUT2D eigenvalue weighted by molar-refractivity contribution is 14.0. The molecule has 3 rings (SSSR count). The van der Waals surface area contributed by atoms with Crippen LogP contribution in [0.5, 0.6) is 0 Å². The molecule has 0 spiro atoms. The van der Waals surface area contributed by atoms with E-state index in [0.717, 1.165) is 30.9 Å². The van der Waals surface area contributed by atoms with Gasteiger partial charge in [-0.3, -0.25) is 9.59 Å². The van der Waals surface area contributed by atoms with Gasteiger partial charge >= 0.3 is 0 Å². The van der Waals surface area contributed by atoms with Crippen molar-refractivity contribution in [1.82, 2.24) is 20.9 Å². The summed E-state index contributed by atoms with van der Waals surface area (Å²) in [6.45, 7) is 7.48. The Hall–Kier alpha value is -2.62. The second kappa shape index (κ2) is 13.8. The molecule has 33 heavy (non-hydrogen) atoms. The summed E-state index contributed by atoms with van der Waals surface area (Å²) in [7, 11) is 0. The normalized spacial score (nSPS) is 13.7. The van der Waals surface area contributed by atoms with Crippen LogP contribution in [0.25, 0.3) is 0 Å². The number of unbranched alkanes of at least 4 members (excludes halogenated alkanes) is 1. The molecule has 0 bridgehead atoms. The van der Waals surface area contributed by atoms with Crippen LogP contribution in [0.4, 0.5) is 0 Å². The number of carbonyl (C=O) groups is 2. The quantitative estimate of drug-likeness (QED) is 0.199. The van der Waals surface area contributed by atoms with Gasteiger partial charge in [-0.1, -0.05) is 55.3 Å². The zero-order valence-electron chi connectivity index (χ0n) is 19.4. The van der Waals surface area contributed by atoms with Gasteiger partial charge in [0.15, 0.2) is 5.96 Å². The number of benzene rings is 2. The first kappa shape index (κ1) is 26.6. The first-order chi connectivity index (χ1) is 15.5. The SMILES string of the molecule is CCCCNC(=NCc1ccc(C(=O)N2CCNC(=O)C2)cc1)NCc1ccc(C)cc1.I. The lowest BCUT2D eigenvalue weighted by Crippen LogP contribution is -2.49. The van der Waals surface area contributed by atoms with E-state index in [2.05, 4.69) is 54.1 Å². The van der Waals surface area contributed by atoms with Crippen LogP contribution in [-0.2, 0) is 17.9 Å². The molecule has 0 unspecified atom stereocenters. The number of aliphatic imine (C=N–C) groups is 1. The zero-order valence-corrected chi connectivity index (χ0v) is 21.7. The van der Waals surface area contributed by atoms with Crippen LogP contribution in [0.3, 0.4) is 0 Å². The summed E-state index contributed by atoms with van der Waals surface area (Å²) in [6, 6.07) is 15.9. The third-order valence-electron chi connectivity index (χ3n) is 5.35. The maximum absolute atomic E-state index is 12.6. The van der Waals surface area contributed by atoms with E-state index in [1.807, 2.05) is 24.3 Å². The van der Waals surface area contributed by atoms with Gasteiger partial charge in [-0.2, -0.15) is 0 Å². The lowest BCUT2D eigenvalue weighted by atomic mass is 10.1. The summed E-state index contributed by atoms with van der Waals surface area (Å²) in [6.07, 6.45) is 2.20. The molecule has 2 aromatic carbocycles. The number of halogens is 1. The molecule has 0 saturated carbocycles. The van der Waals surface area contributed by atoms with Crippen molar-refractivity contribution >= 4 is 41.8 Å². The van der Waals surface area contributed by atoms with Gasteiger partial charge in [-0.15, -0.1) is 24.0 Å². The molecule has 8 heteroatoms. The predicted octanol–water partition coefficient (Wildman–Crippen LogP) is 3.22. The van der Waals surface area contributed by atoms with Crippen molar-refractivity contribution in [2.75, 3.05) is 26.2 Å². The Morgan fingerprint density at radius 1 is 1.06 bits per heavy atom. The van der Waals surface area contributed by atoms with E-state index < -0.39 is 0 Å². The van der Waals surface area contributed by atoms with Crippen molar-refractivity contribution in [1.29, 1.82) is 0 Å². The first-order valence-corrected chi connectivity index (χ1v) is 11.3. The van der Waals surface area contributed by atoms with E-state index in [1.165, 1.54) is 11.1 Å². The fourth-order valence-electron chi connectivity index (χ4n) is 3.37. The average molecular weight is 563 g/mol. The maximum atomic E-state index is 12.6. The van der Waals surface area contributed by atoms with Gasteiger partial charge in [0.25, 0.3) is 5.91 Å². The van der Waals surface area contributed by atoms with Crippen molar-refractivity contribution in [3.63, 3.8) is 0 Å². The Morgan fingerprint density at radius 2 is 1.76 bits per heavy atom. The van der Waals surface area contributed by atoms with Crippen LogP contribution in [0.1, 0.15) is 46.8 Å². The fourth-order valence-corrected chi connectivity index (χ4v) is 3.37. The Kier molecular flexibility index (Phi) is 11.2. The summed E-state index contributed by atoms with van der Waals surface area (Å²) < 4.78 is 0. The number of carbonyl (C=O) groups excluding carboxylic acids is 2. The highest BCUT2D eigenvalue weighted by atomic mass is 127. The van der Waals surface area contributed by atoms with Crippen molar-refractivity contribution in [2.45, 2.75) is 39.8 Å². The summed E-state index contributed by atoms with van der Waals surface area (Å²) >= 11 is 0. The summed E-state index contributed by atoms with van der Waals surface area (Å²) in [5, 5.41) is 9.53. The monoisotopic (exact) mass is 563 g/mol. The molecule has 1 saturated heterocycles. The van der Waals surface area contributed by atoms with Crippen LogP contribution in [0, 0.1) is 6.92 Å². The minimum atomic E-state index is -0.114. The smallest absolute Gasteiger partial charge is 0.254 e. The molecule has 0 aliphatic carbocycles. The number of rotatable bonds is 8. The average Bonchev–Trinajstić information content (AvgIpc) is 2.81. The molecule has 1 aliphatic heterocycles. The Balaban J connectivity index is 0.00000385. The van der Waals surface area contributed by atoms with Crippen molar-refractivity contribution < 1.29 is 9.59 Å². The van der Waals surface area contributed by atoms with E-state index >= 15 is 0 Å². The van der Waals surface area contributed by atoms with Crippen LogP contribution in [-0.4, -0.2) is 48.9 Å². The second-order valence-electron chi connectivity index (χ2n) is 8.06. The molecule has 0 radical (unpaired) electrons. The Morgan fingerprint density at radius 3 is 2.42 bits per heavy atom. The van der Waals surface area contributed by atoms with Crippen molar-refractivity contribution in [2.24, 2.45) is 4.99 Å². The molecule has 3 N–H and O–H groups in total. The van der Waals surface area contributed by atoms with Gasteiger partial charge in [0.05, 0.1) is 13.1 Å². The predicted molar refractivity (Wildman–Crippen MR) is 143 cm³/mol. The largest absolute Gasteiger partial charge is 0.356 e. The molecule has 2 amide bonds. The number of piperazine rings is 1. The van der Waals surface area contributed by atoms with E-state index in [9.17, 15) is 9.59 Å². The number of hydrogen-bond acceptors (Lipinski definition) is 3. The molecule has 0 aromatic heterocycles. The van der Waals surface area contributed by atoms with Gasteiger partial charge in [0.1, 0.15) is 0 Å².